The molecule has 4 heterocycles. The summed E-state index contributed by atoms with van der Waals surface area (Å²) in [7, 11) is 0. The molecule has 350 valence electrons. The van der Waals surface area contributed by atoms with E-state index in [0.717, 1.165) is 60.6 Å². The quantitative estimate of drug-likeness (QED) is 0.124. The molecule has 10 nitrogen and oxygen atoms in total. The minimum Gasteiger partial charge on any atom is -0.457 e. The van der Waals surface area contributed by atoms with E-state index in [-0.39, 0.29) is 23.3 Å². The van der Waals surface area contributed by atoms with Crippen LogP contribution >= 0.6 is 11.6 Å². The molecule has 68 heavy (non-hydrogen) atoms. The number of pyridine rings is 1. The van der Waals surface area contributed by atoms with E-state index in [0.29, 0.717) is 57.5 Å². The van der Waals surface area contributed by atoms with Crippen LogP contribution in [0.3, 0.4) is 0 Å². The summed E-state index contributed by atoms with van der Waals surface area (Å²) in [5.74, 6) is 0.464. The minimum absolute atomic E-state index is 0.0874. The van der Waals surface area contributed by atoms with Gasteiger partial charge < -0.3 is 25.0 Å². The zero-order valence-electron chi connectivity index (χ0n) is 36.1. The molecule has 3 aromatic heterocycles. The number of nitrogens with one attached hydrogen (secondary N) is 2. The first kappa shape index (κ1) is 47.1. The number of ether oxygens (including phenoxy) is 2. The second-order valence-corrected chi connectivity index (χ2v) is 16.2. The van der Waals surface area contributed by atoms with E-state index in [9.17, 15) is 35.5 Å². The minimum atomic E-state index is -4.68. The Morgan fingerprint density at radius 2 is 1.53 bits per heavy atom. The van der Waals surface area contributed by atoms with Crippen LogP contribution in [0.1, 0.15) is 58.6 Å². The fraction of sp³-hybridized carbons (Fsp3) is 0.200. The number of aromatic nitrogens is 4. The molecule has 2 N–H and O–H groups in total. The predicted molar refractivity (Wildman–Crippen MR) is 245 cm³/mol. The van der Waals surface area contributed by atoms with Gasteiger partial charge in [-0.15, -0.1) is 13.2 Å². The lowest BCUT2D eigenvalue weighted by atomic mass is 9.89. The number of hydrogen-bond acceptors (Lipinski definition) is 8. The third kappa shape index (κ3) is 11.8. The average Bonchev–Trinajstić information content (AvgIpc) is 3.69. The van der Waals surface area contributed by atoms with Gasteiger partial charge in [-0.1, -0.05) is 48.9 Å². The van der Waals surface area contributed by atoms with Gasteiger partial charge in [0.25, 0.3) is 5.91 Å². The molecule has 5 aromatic carbocycles. The van der Waals surface area contributed by atoms with Crippen molar-refractivity contribution in [2.24, 2.45) is 0 Å². The molecule has 1 saturated heterocycles. The van der Waals surface area contributed by atoms with Crippen molar-refractivity contribution in [3.8, 4) is 17.2 Å². The number of carbonyl (C=O) groups excluding carboxylic acids is 1. The summed E-state index contributed by atoms with van der Waals surface area (Å²) >= 11 is 6.14. The van der Waals surface area contributed by atoms with Gasteiger partial charge >= 0.3 is 12.5 Å². The fourth-order valence-electron chi connectivity index (χ4n) is 7.80. The van der Waals surface area contributed by atoms with Crippen LogP contribution in [0.25, 0.3) is 16.6 Å². The van der Waals surface area contributed by atoms with E-state index in [1.165, 1.54) is 42.7 Å². The predicted octanol–water partition coefficient (Wildman–Crippen LogP) is 13.1. The van der Waals surface area contributed by atoms with Gasteiger partial charge in [0.05, 0.1) is 21.8 Å². The van der Waals surface area contributed by atoms with Crippen molar-refractivity contribution in [3.63, 3.8) is 0 Å². The van der Waals surface area contributed by atoms with Gasteiger partial charge in [-0.25, -0.2) is 19.3 Å². The largest absolute Gasteiger partial charge is 0.573 e. The van der Waals surface area contributed by atoms with Crippen LogP contribution in [0.5, 0.6) is 17.2 Å². The third-order valence-electron chi connectivity index (χ3n) is 11.2. The number of fused-ring (bicyclic) bond motifs is 2. The highest BCUT2D eigenvalue weighted by atomic mass is 35.5. The number of nitrogens with zero attached hydrogens (tertiary/aromatic N) is 5. The molecular formula is C50H41ClF7N7O3. The second kappa shape index (κ2) is 20.2. The Bertz CT molecular complexity index is 3010. The van der Waals surface area contributed by atoms with E-state index >= 15 is 0 Å². The van der Waals surface area contributed by atoms with Gasteiger partial charge in [-0.2, -0.15) is 13.2 Å². The molecule has 1 aliphatic heterocycles. The molecule has 18 heteroatoms. The number of hydrogen-bond donors (Lipinski definition) is 2. The van der Waals surface area contributed by atoms with Crippen LogP contribution in [-0.4, -0.2) is 44.7 Å². The molecule has 0 spiro atoms. The highest BCUT2D eigenvalue weighted by Crippen LogP contribution is 2.35. The normalized spacial score (nSPS) is 13.2. The van der Waals surface area contributed by atoms with Crippen molar-refractivity contribution < 1.29 is 45.0 Å². The Morgan fingerprint density at radius 1 is 0.809 bits per heavy atom. The van der Waals surface area contributed by atoms with Crippen LogP contribution in [0, 0.1) is 5.82 Å². The number of amides is 1. The highest BCUT2D eigenvalue weighted by Gasteiger charge is 2.32. The molecule has 1 fully saturated rings. The van der Waals surface area contributed by atoms with E-state index in [2.05, 4.69) is 47.4 Å². The number of piperidine rings is 1. The van der Waals surface area contributed by atoms with E-state index < -0.39 is 23.9 Å². The van der Waals surface area contributed by atoms with Crippen LogP contribution in [0.2, 0.25) is 5.02 Å². The van der Waals surface area contributed by atoms with Crippen molar-refractivity contribution in [2.45, 2.75) is 51.2 Å². The van der Waals surface area contributed by atoms with Gasteiger partial charge in [0, 0.05) is 48.7 Å². The van der Waals surface area contributed by atoms with E-state index in [1.54, 1.807) is 65.2 Å². The van der Waals surface area contributed by atoms with Gasteiger partial charge in [0.1, 0.15) is 46.6 Å². The molecule has 0 radical (unpaired) electrons. The maximum atomic E-state index is 13.4. The lowest BCUT2D eigenvalue weighted by Crippen LogP contribution is -2.32. The molecule has 0 saturated carbocycles. The Kier molecular flexibility index (Phi) is 14.0. The summed E-state index contributed by atoms with van der Waals surface area (Å²) in [6.07, 6.45) is -3.65. The van der Waals surface area contributed by atoms with Crippen molar-refractivity contribution in [1.29, 1.82) is 0 Å². The lowest BCUT2D eigenvalue weighted by Gasteiger charge is -2.34. The zero-order valence-corrected chi connectivity index (χ0v) is 36.8. The number of anilines is 3. The topological polar surface area (TPSA) is 106 Å². The molecule has 0 unspecified atom stereocenters. The Morgan fingerprint density at radius 3 is 2.22 bits per heavy atom. The van der Waals surface area contributed by atoms with Gasteiger partial charge in [-0.3, -0.25) is 9.20 Å². The maximum Gasteiger partial charge on any atom is 0.573 e. The number of alkyl halides is 6. The first-order valence-corrected chi connectivity index (χ1v) is 21.7. The van der Waals surface area contributed by atoms with Crippen LogP contribution in [-0.2, 0) is 19.1 Å². The summed E-state index contributed by atoms with van der Waals surface area (Å²) in [5, 5.41) is 7.29. The third-order valence-corrected chi connectivity index (χ3v) is 11.4. The number of rotatable bonds is 11. The summed E-state index contributed by atoms with van der Waals surface area (Å²) in [4.78, 5) is 28.1. The first-order chi connectivity index (χ1) is 32.6. The molecule has 9 rings (SSSR count). The van der Waals surface area contributed by atoms with Crippen molar-refractivity contribution >= 4 is 51.3 Å². The number of halogens is 8. The highest BCUT2D eigenvalue weighted by molar-refractivity contribution is 6.30. The Labute approximate surface area is 390 Å². The average molecular weight is 956 g/mol. The SMILES string of the molecule is CCc1nc2ccc(Cl)cn2c1C(=O)NCc1ccc(N2CCC(c3ccc(OC(F)(F)F)cc3)CC2)cc1.Fc1ccc2c(Nc3ccc(Oc4cccc(C(F)(F)F)c4)cc3)ncnc2c1. The van der Waals surface area contributed by atoms with Crippen LogP contribution < -0.4 is 25.0 Å². The second-order valence-electron chi connectivity index (χ2n) is 15.7. The number of imidazole rings is 1. The smallest absolute Gasteiger partial charge is 0.457 e. The number of benzene rings is 5. The summed E-state index contributed by atoms with van der Waals surface area (Å²) < 4.78 is 100. The molecule has 0 bridgehead atoms. The van der Waals surface area contributed by atoms with E-state index in [1.807, 2.05) is 19.1 Å². The van der Waals surface area contributed by atoms with Gasteiger partial charge in [0.2, 0.25) is 0 Å². The fourth-order valence-corrected chi connectivity index (χ4v) is 7.96. The van der Waals surface area contributed by atoms with Crippen LogP contribution in [0.15, 0.2) is 140 Å². The zero-order chi connectivity index (χ0) is 48.0. The molecule has 8 aromatic rings. The standard InChI is InChI=1S/C29H28ClF3N4O2.C21H13F4N3O/c1-2-25-27(37-18-22(30)7-12-26(37)35-25)28(38)34-17-19-3-8-23(9-4-19)36-15-13-21(14-16-36)20-5-10-24(11-6-20)39-29(31,32)33;22-14-4-9-18-19(11-14)26-12-27-20(18)28-15-5-7-16(8-6-15)29-17-3-1-2-13(10-17)21(23,24)25/h3-12,18,21H,2,13-17H2,1H3,(H,34,38);1-12H,(H,26,27,28). The number of aryl methyl sites for hydroxylation is 1. The first-order valence-electron chi connectivity index (χ1n) is 21.4. The number of carbonyl (C=O) groups is 1. The Balaban J connectivity index is 0.000000192. The lowest BCUT2D eigenvalue weighted by molar-refractivity contribution is -0.274. The van der Waals surface area contributed by atoms with Gasteiger partial charge in [-0.05, 0) is 127 Å². The molecule has 0 aliphatic carbocycles. The van der Waals surface area contributed by atoms with Crippen molar-refractivity contribution in [3.05, 3.63) is 179 Å². The van der Waals surface area contributed by atoms with Crippen LogP contribution in [0.4, 0.5) is 47.9 Å². The van der Waals surface area contributed by atoms with E-state index in [4.69, 9.17) is 16.3 Å². The Hall–Kier alpha value is -7.40. The maximum absolute atomic E-state index is 13.4. The molecular weight excluding hydrogens is 915 g/mol. The van der Waals surface area contributed by atoms with Gasteiger partial charge in [0.15, 0.2) is 0 Å². The molecule has 1 amide bonds. The van der Waals surface area contributed by atoms with Crippen molar-refractivity contribution in [1.82, 2.24) is 24.7 Å². The van der Waals surface area contributed by atoms with Crippen molar-refractivity contribution in [2.75, 3.05) is 23.3 Å². The molecule has 0 atom stereocenters. The monoisotopic (exact) mass is 955 g/mol. The summed E-state index contributed by atoms with van der Waals surface area (Å²) in [6.45, 7) is 4.04. The molecule has 1 aliphatic rings. The summed E-state index contributed by atoms with van der Waals surface area (Å²) in [6, 6.07) is 33.4. The summed E-state index contributed by atoms with van der Waals surface area (Å²) in [5.41, 5.74) is 5.36.